The van der Waals surface area contributed by atoms with Gasteiger partial charge in [-0.15, -0.1) is 22.7 Å². The summed E-state index contributed by atoms with van der Waals surface area (Å²) in [5.41, 5.74) is 20.7. The van der Waals surface area contributed by atoms with Crippen LogP contribution in [0.5, 0.6) is 0 Å². The maximum Gasteiger partial charge on any atom is 0.256 e. The van der Waals surface area contributed by atoms with Crippen molar-refractivity contribution in [3.63, 3.8) is 0 Å². The Labute approximate surface area is 463 Å². The van der Waals surface area contributed by atoms with Crippen LogP contribution in [0.1, 0.15) is 58.2 Å². The summed E-state index contributed by atoms with van der Waals surface area (Å²) in [6.07, 6.45) is 0. The fourth-order valence-electron chi connectivity index (χ4n) is 12.3. The molecule has 15 rings (SSSR count). The van der Waals surface area contributed by atoms with Gasteiger partial charge in [0.25, 0.3) is 6.71 Å². The average Bonchev–Trinajstić information content (AvgIpc) is 4.44. The van der Waals surface area contributed by atoms with Crippen LogP contribution in [-0.4, -0.2) is 6.71 Å². The number of nitrogens with zero attached hydrogens (tertiary/aromatic N) is 2. The zero-order chi connectivity index (χ0) is 52.8. The van der Waals surface area contributed by atoms with E-state index in [2.05, 4.69) is 252 Å². The fraction of sp³-hybridized carbons (Fsp3) is 0.127. The zero-order valence-corrected chi connectivity index (χ0v) is 46.4. The van der Waals surface area contributed by atoms with Crippen LogP contribution in [0.2, 0.25) is 0 Å². The van der Waals surface area contributed by atoms with Gasteiger partial charge in [-0.2, -0.15) is 0 Å². The number of rotatable bonds is 6. The summed E-state index contributed by atoms with van der Waals surface area (Å²) in [5, 5.41) is 7.28. The van der Waals surface area contributed by atoms with Gasteiger partial charge in [-0.25, -0.2) is 0 Å². The number of fused-ring (bicyclic) bond motifs is 10. The van der Waals surface area contributed by atoms with Gasteiger partial charge < -0.3 is 18.6 Å². The number of furan rings is 2. The van der Waals surface area contributed by atoms with E-state index in [1.54, 1.807) is 0 Å². The van der Waals surface area contributed by atoms with Gasteiger partial charge in [0.15, 0.2) is 0 Å². The lowest BCUT2D eigenvalue weighted by Gasteiger charge is -2.43. The van der Waals surface area contributed by atoms with E-state index < -0.39 is 0 Å². The molecule has 0 spiro atoms. The summed E-state index contributed by atoms with van der Waals surface area (Å²) in [6.45, 7) is 16.2. The molecular formula is C71H55BN2O2S2. The lowest BCUT2D eigenvalue weighted by Crippen LogP contribution is -2.60. The minimum atomic E-state index is -0.0986. The predicted molar refractivity (Wildman–Crippen MR) is 335 cm³/mol. The summed E-state index contributed by atoms with van der Waals surface area (Å²) < 4.78 is 16.0. The molecule has 0 saturated carbocycles. The Morgan fingerprint density at radius 3 is 1.23 bits per heavy atom. The van der Waals surface area contributed by atoms with Crippen LogP contribution in [0.3, 0.4) is 0 Å². The lowest BCUT2D eigenvalue weighted by atomic mass is 9.33. The molecule has 6 heterocycles. The molecule has 0 unspecified atom stereocenters. The summed E-state index contributed by atoms with van der Waals surface area (Å²) in [6, 6.07) is 76.2. The number of anilines is 6. The number of benzene rings is 9. The van der Waals surface area contributed by atoms with Crippen LogP contribution in [0.15, 0.2) is 215 Å². The molecule has 0 aliphatic carbocycles. The molecule has 0 bridgehead atoms. The SMILES string of the molecule is Cc1cc2c3c(c1)N(c1cc(-c4cc5ccccc5o4)ccc1-c1ccccc1)c1sc4ccc(C(C)(C)C)cc4c1B3c1c(sc3ccc(C(C)(C)C)cc13)N2c1cc(-c2cc3ccccc3o2)ccc1-c1ccccc1. The number of aryl methyl sites for hydroxylation is 1. The first-order chi connectivity index (χ1) is 37.8. The number of para-hydroxylation sites is 2. The molecule has 376 valence electrons. The van der Waals surface area contributed by atoms with Crippen molar-refractivity contribution in [1.29, 1.82) is 0 Å². The van der Waals surface area contributed by atoms with Gasteiger partial charge in [-0.05, 0) is 133 Å². The highest BCUT2D eigenvalue weighted by molar-refractivity contribution is 7.29. The second-order valence-corrected chi connectivity index (χ2v) is 25.4. The zero-order valence-electron chi connectivity index (χ0n) is 44.7. The van der Waals surface area contributed by atoms with Crippen molar-refractivity contribution >= 4 is 121 Å². The van der Waals surface area contributed by atoms with Crippen molar-refractivity contribution in [2.75, 3.05) is 9.80 Å². The van der Waals surface area contributed by atoms with E-state index >= 15 is 0 Å². The third kappa shape index (κ3) is 7.39. The van der Waals surface area contributed by atoms with Gasteiger partial charge in [0.05, 0.1) is 21.4 Å². The van der Waals surface area contributed by atoms with Crippen molar-refractivity contribution in [3.8, 4) is 44.9 Å². The highest BCUT2D eigenvalue weighted by atomic mass is 32.1. The Morgan fingerprint density at radius 2 is 0.808 bits per heavy atom. The first-order valence-electron chi connectivity index (χ1n) is 27.1. The standard InChI is InChI=1S/C71H55BN2O2S2/c1-42-34-57-67-58(35-42)74(56-37-48(27-31-52(56)44-20-12-9-13-21-44)62-39-46-23-15-17-25-60(46)76-62)69-66(54-41-50(71(5,6)7)29-33-64(54)78-69)72(67)65-53-40-49(70(2,3)4)28-32-63(53)77-68(65)73(57)55-36-47(26-30-51(55)43-18-10-8-11-19-43)61-38-45-22-14-16-24-59(45)75-61/h8-41H,1-7H3. The van der Waals surface area contributed by atoms with Crippen molar-refractivity contribution < 1.29 is 8.83 Å². The van der Waals surface area contributed by atoms with Crippen LogP contribution in [0.4, 0.5) is 32.8 Å². The van der Waals surface area contributed by atoms with Gasteiger partial charge in [-0.3, -0.25) is 0 Å². The molecule has 0 atom stereocenters. The van der Waals surface area contributed by atoms with E-state index in [4.69, 9.17) is 8.83 Å². The molecule has 78 heavy (non-hydrogen) atoms. The van der Waals surface area contributed by atoms with Crippen molar-refractivity contribution in [2.45, 2.75) is 59.3 Å². The number of hydrogen-bond acceptors (Lipinski definition) is 6. The number of hydrogen-bond donors (Lipinski definition) is 0. The maximum atomic E-state index is 6.70. The van der Waals surface area contributed by atoms with Crippen LogP contribution < -0.4 is 26.2 Å². The molecule has 9 aromatic carbocycles. The lowest BCUT2D eigenvalue weighted by molar-refractivity contribution is 0.591. The van der Waals surface area contributed by atoms with Gasteiger partial charge in [0, 0.05) is 53.8 Å². The largest absolute Gasteiger partial charge is 0.456 e. The van der Waals surface area contributed by atoms with E-state index in [0.29, 0.717) is 0 Å². The predicted octanol–water partition coefficient (Wildman–Crippen LogP) is 19.3. The molecule has 4 aromatic heterocycles. The third-order valence-electron chi connectivity index (χ3n) is 16.2. The number of thiophene rings is 2. The minimum absolute atomic E-state index is 0.0666. The summed E-state index contributed by atoms with van der Waals surface area (Å²) >= 11 is 3.84. The normalized spacial score (nSPS) is 13.2. The molecule has 0 fully saturated rings. The van der Waals surface area contributed by atoms with Crippen molar-refractivity contribution in [3.05, 3.63) is 223 Å². The molecule has 2 aliphatic rings. The van der Waals surface area contributed by atoms with Gasteiger partial charge in [0.1, 0.15) is 22.7 Å². The third-order valence-corrected chi connectivity index (χ3v) is 18.6. The Kier molecular flexibility index (Phi) is 10.4. The maximum absolute atomic E-state index is 6.70. The molecule has 7 heteroatoms. The molecule has 0 amide bonds. The molecule has 0 saturated heterocycles. The summed E-state index contributed by atoms with van der Waals surface area (Å²) in [4.78, 5) is 5.27. The highest BCUT2D eigenvalue weighted by Gasteiger charge is 2.48. The molecule has 0 radical (unpaired) electrons. The Bertz CT molecular complexity index is 4210. The Morgan fingerprint density at radius 1 is 0.385 bits per heavy atom. The van der Waals surface area contributed by atoms with E-state index in [1.807, 2.05) is 34.8 Å². The van der Waals surface area contributed by atoms with Crippen LogP contribution in [-0.2, 0) is 10.8 Å². The van der Waals surface area contributed by atoms with E-state index in [9.17, 15) is 0 Å². The van der Waals surface area contributed by atoms with E-state index in [1.165, 1.54) is 74.6 Å². The second kappa shape index (κ2) is 17.3. The monoisotopic (exact) mass is 1040 g/mol. The smallest absolute Gasteiger partial charge is 0.256 e. The topological polar surface area (TPSA) is 32.8 Å². The minimum Gasteiger partial charge on any atom is -0.456 e. The van der Waals surface area contributed by atoms with Gasteiger partial charge in [-0.1, -0.05) is 187 Å². The first-order valence-corrected chi connectivity index (χ1v) is 28.7. The average molecular weight is 1040 g/mol. The van der Waals surface area contributed by atoms with Gasteiger partial charge >= 0.3 is 0 Å². The Hall–Kier alpha value is -8.36. The molecule has 4 nitrogen and oxygen atoms in total. The van der Waals surface area contributed by atoms with Crippen molar-refractivity contribution in [2.24, 2.45) is 0 Å². The van der Waals surface area contributed by atoms with Crippen LogP contribution in [0, 0.1) is 6.92 Å². The first kappa shape index (κ1) is 46.9. The molecule has 2 aliphatic heterocycles. The second-order valence-electron chi connectivity index (χ2n) is 23.4. The highest BCUT2D eigenvalue weighted by Crippen LogP contribution is 2.54. The van der Waals surface area contributed by atoms with E-state index in [-0.39, 0.29) is 17.5 Å². The van der Waals surface area contributed by atoms with Crippen LogP contribution in [0.25, 0.3) is 87.0 Å². The van der Waals surface area contributed by atoms with Crippen LogP contribution >= 0.6 is 22.7 Å². The molecule has 0 N–H and O–H groups in total. The molecule has 13 aromatic rings. The van der Waals surface area contributed by atoms with E-state index in [0.717, 1.165) is 78.2 Å². The summed E-state index contributed by atoms with van der Waals surface area (Å²) in [5.74, 6) is 1.69. The fourth-order valence-corrected chi connectivity index (χ4v) is 14.8. The quantitative estimate of drug-likeness (QED) is 0.155. The summed E-state index contributed by atoms with van der Waals surface area (Å²) in [7, 11) is 0. The van der Waals surface area contributed by atoms with Gasteiger partial charge in [0.2, 0.25) is 0 Å². The van der Waals surface area contributed by atoms with Crippen molar-refractivity contribution in [1.82, 2.24) is 0 Å². The molecular weight excluding hydrogens is 988 g/mol. The Balaban J connectivity index is 1.09.